The maximum atomic E-state index is 13.1. The first-order chi connectivity index (χ1) is 12.7. The van der Waals surface area contributed by atoms with Crippen LogP contribution in [0, 0.1) is 0 Å². The Morgan fingerprint density at radius 2 is 1.92 bits per heavy atom. The zero-order chi connectivity index (χ0) is 18.1. The summed E-state index contributed by atoms with van der Waals surface area (Å²) in [5.41, 5.74) is 4.42. The topological polar surface area (TPSA) is 34.5 Å². The van der Waals surface area contributed by atoms with Gasteiger partial charge < -0.3 is 14.2 Å². The molecule has 4 nitrogen and oxygen atoms in total. The molecule has 1 amide bonds. The third-order valence-corrected chi connectivity index (χ3v) is 5.31. The first kappa shape index (κ1) is 16.7. The molecule has 2 aromatic carbocycles. The highest BCUT2D eigenvalue weighted by atomic mass is 16.5. The van der Waals surface area contributed by atoms with E-state index in [0.717, 1.165) is 54.7 Å². The van der Waals surface area contributed by atoms with Crippen molar-refractivity contribution in [2.24, 2.45) is 0 Å². The summed E-state index contributed by atoms with van der Waals surface area (Å²) in [6.45, 7) is 1.60. The van der Waals surface area contributed by atoms with Gasteiger partial charge in [0, 0.05) is 31.0 Å². The van der Waals surface area contributed by atoms with E-state index in [1.54, 1.807) is 7.11 Å². The van der Waals surface area contributed by atoms with E-state index < -0.39 is 0 Å². The van der Waals surface area contributed by atoms with Gasteiger partial charge in [0.1, 0.15) is 11.4 Å². The van der Waals surface area contributed by atoms with Gasteiger partial charge in [-0.3, -0.25) is 4.79 Å². The largest absolute Gasteiger partial charge is 0.497 e. The van der Waals surface area contributed by atoms with Crippen LogP contribution in [0.2, 0.25) is 0 Å². The molecule has 0 aliphatic carbocycles. The van der Waals surface area contributed by atoms with Gasteiger partial charge in [-0.2, -0.15) is 0 Å². The van der Waals surface area contributed by atoms with Crippen molar-refractivity contribution in [3.05, 3.63) is 65.4 Å². The highest BCUT2D eigenvalue weighted by molar-refractivity contribution is 6.02. The van der Waals surface area contributed by atoms with Crippen LogP contribution in [-0.4, -0.2) is 36.1 Å². The molecule has 134 valence electrons. The Morgan fingerprint density at radius 1 is 1.12 bits per heavy atom. The fraction of sp³-hybridized carbons (Fsp3) is 0.318. The number of aryl methyl sites for hydroxylation is 3. The number of hydrogen-bond acceptors (Lipinski definition) is 2. The quantitative estimate of drug-likeness (QED) is 0.716. The lowest BCUT2D eigenvalue weighted by Gasteiger charge is -2.17. The number of fused-ring (bicyclic) bond motifs is 3. The lowest BCUT2D eigenvalue weighted by Crippen LogP contribution is -2.28. The van der Waals surface area contributed by atoms with E-state index in [2.05, 4.69) is 41.0 Å². The second-order valence-corrected chi connectivity index (χ2v) is 6.93. The van der Waals surface area contributed by atoms with Crippen LogP contribution in [-0.2, 0) is 19.4 Å². The summed E-state index contributed by atoms with van der Waals surface area (Å²) in [6.07, 6.45) is 2.82. The molecule has 2 heterocycles. The number of amides is 1. The lowest BCUT2D eigenvalue weighted by atomic mass is 10.1. The molecule has 0 saturated carbocycles. The monoisotopic (exact) mass is 348 g/mol. The van der Waals surface area contributed by atoms with Gasteiger partial charge in [0.2, 0.25) is 0 Å². The molecule has 3 aromatic rings. The first-order valence-corrected chi connectivity index (χ1v) is 9.17. The summed E-state index contributed by atoms with van der Waals surface area (Å²) in [5, 5.41) is 1.15. The van der Waals surface area contributed by atoms with Crippen molar-refractivity contribution >= 4 is 16.8 Å². The molecule has 0 atom stereocenters. The molecule has 0 saturated heterocycles. The fourth-order valence-electron chi connectivity index (χ4n) is 3.92. The Labute approximate surface area is 154 Å². The van der Waals surface area contributed by atoms with Crippen LogP contribution >= 0.6 is 0 Å². The maximum Gasteiger partial charge on any atom is 0.270 e. The molecule has 0 N–H and O–H groups in total. The van der Waals surface area contributed by atoms with E-state index in [9.17, 15) is 4.79 Å². The number of carbonyl (C=O) groups excluding carboxylic acids is 1. The van der Waals surface area contributed by atoms with Gasteiger partial charge in [-0.15, -0.1) is 0 Å². The minimum atomic E-state index is 0.126. The molecular formula is C22H24N2O2. The number of hydrogen-bond donors (Lipinski definition) is 0. The van der Waals surface area contributed by atoms with Gasteiger partial charge >= 0.3 is 0 Å². The molecule has 0 radical (unpaired) electrons. The van der Waals surface area contributed by atoms with Gasteiger partial charge in [-0.1, -0.05) is 30.3 Å². The molecule has 1 aliphatic heterocycles. The second kappa shape index (κ2) is 6.87. The van der Waals surface area contributed by atoms with Crippen molar-refractivity contribution in [2.45, 2.75) is 25.8 Å². The van der Waals surface area contributed by atoms with Crippen LogP contribution < -0.4 is 4.74 Å². The highest BCUT2D eigenvalue weighted by Gasteiger charge is 2.27. The van der Waals surface area contributed by atoms with Crippen molar-refractivity contribution in [3.8, 4) is 5.75 Å². The summed E-state index contributed by atoms with van der Waals surface area (Å²) in [7, 11) is 3.59. The normalized spacial score (nSPS) is 14.4. The van der Waals surface area contributed by atoms with Crippen molar-refractivity contribution in [1.82, 2.24) is 9.47 Å². The summed E-state index contributed by atoms with van der Waals surface area (Å²) in [6, 6.07) is 16.6. The number of rotatable bonds is 4. The van der Waals surface area contributed by atoms with Gasteiger partial charge in [0.15, 0.2) is 0 Å². The average molecular weight is 348 g/mol. The molecule has 4 rings (SSSR count). The zero-order valence-corrected chi connectivity index (χ0v) is 15.4. The van der Waals surface area contributed by atoms with Crippen LogP contribution in [0.1, 0.15) is 28.0 Å². The highest BCUT2D eigenvalue weighted by Crippen LogP contribution is 2.33. The Balaban J connectivity index is 1.84. The van der Waals surface area contributed by atoms with E-state index >= 15 is 0 Å². The standard InChI is InChI=1S/C22H24N2O2/c1-23-13-6-9-18-19-15-17(26-2)10-11-20(19)24(21(18)22(23)25)14-12-16-7-4-3-5-8-16/h3-5,7-8,10-11,15H,6,9,12-14H2,1-2H3. The third-order valence-electron chi connectivity index (χ3n) is 5.31. The molecule has 26 heavy (non-hydrogen) atoms. The van der Waals surface area contributed by atoms with Crippen LogP contribution in [0.3, 0.4) is 0 Å². The predicted molar refractivity (Wildman–Crippen MR) is 104 cm³/mol. The Kier molecular flexibility index (Phi) is 4.41. The molecule has 0 unspecified atom stereocenters. The number of methoxy groups -OCH3 is 1. The zero-order valence-electron chi connectivity index (χ0n) is 15.4. The number of ether oxygens (including phenoxy) is 1. The third kappa shape index (κ3) is 2.85. The summed E-state index contributed by atoms with van der Waals surface area (Å²) < 4.78 is 7.64. The molecular weight excluding hydrogens is 324 g/mol. The SMILES string of the molecule is COc1ccc2c(c1)c1c(n2CCc2ccccc2)C(=O)N(C)CCC1. The maximum absolute atomic E-state index is 13.1. The van der Waals surface area contributed by atoms with Crippen molar-refractivity contribution in [2.75, 3.05) is 20.7 Å². The summed E-state index contributed by atoms with van der Waals surface area (Å²) in [4.78, 5) is 14.9. The smallest absolute Gasteiger partial charge is 0.270 e. The van der Waals surface area contributed by atoms with Crippen molar-refractivity contribution in [3.63, 3.8) is 0 Å². The molecule has 1 aromatic heterocycles. The van der Waals surface area contributed by atoms with Crippen LogP contribution in [0.5, 0.6) is 5.75 Å². The van der Waals surface area contributed by atoms with E-state index in [-0.39, 0.29) is 5.91 Å². The van der Waals surface area contributed by atoms with Gasteiger partial charge in [0.25, 0.3) is 5.91 Å². The Hall–Kier alpha value is -2.75. The van der Waals surface area contributed by atoms with Crippen LogP contribution in [0.25, 0.3) is 10.9 Å². The second-order valence-electron chi connectivity index (χ2n) is 6.93. The molecule has 0 spiro atoms. The van der Waals surface area contributed by atoms with Crippen LogP contribution in [0.15, 0.2) is 48.5 Å². The van der Waals surface area contributed by atoms with E-state index in [4.69, 9.17) is 4.74 Å². The number of nitrogens with zero attached hydrogens (tertiary/aromatic N) is 2. The summed E-state index contributed by atoms with van der Waals surface area (Å²) in [5.74, 6) is 0.964. The number of carbonyl (C=O) groups is 1. The first-order valence-electron chi connectivity index (χ1n) is 9.17. The van der Waals surface area contributed by atoms with E-state index in [1.807, 2.05) is 24.1 Å². The van der Waals surface area contributed by atoms with E-state index in [0.29, 0.717) is 0 Å². The van der Waals surface area contributed by atoms with Gasteiger partial charge in [0.05, 0.1) is 7.11 Å². The molecule has 0 bridgehead atoms. The van der Waals surface area contributed by atoms with Gasteiger partial charge in [-0.25, -0.2) is 0 Å². The van der Waals surface area contributed by atoms with E-state index in [1.165, 1.54) is 11.1 Å². The molecule has 4 heteroatoms. The minimum Gasteiger partial charge on any atom is -0.497 e. The number of aromatic nitrogens is 1. The molecule has 1 aliphatic rings. The lowest BCUT2D eigenvalue weighted by molar-refractivity contribution is 0.0790. The van der Waals surface area contributed by atoms with Gasteiger partial charge in [-0.05, 0) is 48.6 Å². The molecule has 0 fully saturated rings. The predicted octanol–water partition coefficient (Wildman–Crippen LogP) is 3.91. The van der Waals surface area contributed by atoms with Crippen LogP contribution in [0.4, 0.5) is 0 Å². The average Bonchev–Trinajstić information content (AvgIpc) is 2.90. The van der Waals surface area contributed by atoms with Crippen molar-refractivity contribution in [1.29, 1.82) is 0 Å². The Bertz CT molecular complexity index is 944. The minimum absolute atomic E-state index is 0.126. The number of benzene rings is 2. The Morgan fingerprint density at radius 3 is 2.69 bits per heavy atom. The summed E-state index contributed by atoms with van der Waals surface area (Å²) >= 11 is 0. The fourth-order valence-corrected chi connectivity index (χ4v) is 3.92. The van der Waals surface area contributed by atoms with Crippen molar-refractivity contribution < 1.29 is 9.53 Å².